The van der Waals surface area contributed by atoms with Crippen LogP contribution in [-0.4, -0.2) is 13.2 Å². The summed E-state index contributed by atoms with van der Waals surface area (Å²) in [5.41, 5.74) is 10.7. The standard InChI is InChI=1S/C20H26N2/c1-12-8-16(5)18(9-13(12)2)22-17(6)21(7)19-10-14(3)15(4)11-20(19)22/h8-11,17H,1-7H3/t17-/m0/s1. The first-order valence-corrected chi connectivity index (χ1v) is 8.02. The summed E-state index contributed by atoms with van der Waals surface area (Å²) in [5.74, 6) is 0. The topological polar surface area (TPSA) is 6.48 Å². The molecule has 0 aliphatic carbocycles. The molecule has 1 heterocycles. The molecule has 0 saturated carbocycles. The van der Waals surface area contributed by atoms with Crippen molar-refractivity contribution in [2.75, 3.05) is 16.8 Å². The lowest BCUT2D eigenvalue weighted by Crippen LogP contribution is -2.36. The van der Waals surface area contributed by atoms with E-state index in [9.17, 15) is 0 Å². The van der Waals surface area contributed by atoms with E-state index in [1.165, 1.54) is 44.9 Å². The van der Waals surface area contributed by atoms with Gasteiger partial charge in [0.15, 0.2) is 0 Å². The molecular formula is C20H26N2. The maximum Gasteiger partial charge on any atom is 0.103 e. The molecule has 1 aliphatic rings. The second-order valence-electron chi connectivity index (χ2n) is 6.76. The second kappa shape index (κ2) is 5.05. The Labute approximate surface area is 134 Å². The molecule has 1 aliphatic heterocycles. The average Bonchev–Trinajstić information content (AvgIpc) is 2.68. The summed E-state index contributed by atoms with van der Waals surface area (Å²) in [5, 5.41) is 0. The van der Waals surface area contributed by atoms with Crippen molar-refractivity contribution in [1.82, 2.24) is 0 Å². The van der Waals surface area contributed by atoms with Crippen LogP contribution in [0.15, 0.2) is 24.3 Å². The van der Waals surface area contributed by atoms with Gasteiger partial charge in [0.1, 0.15) is 6.17 Å². The fourth-order valence-electron chi connectivity index (χ4n) is 3.37. The van der Waals surface area contributed by atoms with Crippen molar-refractivity contribution in [2.24, 2.45) is 0 Å². The SMILES string of the molecule is Cc1cc(C)c(N2c3cc(C)c(C)cc3N(C)[C@@H]2C)cc1C. The van der Waals surface area contributed by atoms with Gasteiger partial charge < -0.3 is 9.80 Å². The van der Waals surface area contributed by atoms with E-state index in [-0.39, 0.29) is 0 Å². The first-order chi connectivity index (χ1) is 10.3. The van der Waals surface area contributed by atoms with Crippen LogP contribution in [0.4, 0.5) is 17.1 Å². The van der Waals surface area contributed by atoms with Crippen LogP contribution in [0.25, 0.3) is 0 Å². The first kappa shape index (κ1) is 15.0. The number of anilines is 3. The maximum atomic E-state index is 2.48. The molecule has 0 aromatic heterocycles. The second-order valence-corrected chi connectivity index (χ2v) is 6.76. The fraction of sp³-hybridized carbons (Fsp3) is 0.400. The molecule has 0 radical (unpaired) electrons. The lowest BCUT2D eigenvalue weighted by Gasteiger charge is -2.29. The van der Waals surface area contributed by atoms with Crippen LogP contribution in [0, 0.1) is 34.6 Å². The number of benzene rings is 2. The molecule has 2 aromatic rings. The third-order valence-electron chi connectivity index (χ3n) is 5.24. The van der Waals surface area contributed by atoms with Gasteiger partial charge in [-0.25, -0.2) is 0 Å². The smallest absolute Gasteiger partial charge is 0.103 e. The zero-order chi connectivity index (χ0) is 16.2. The van der Waals surface area contributed by atoms with Gasteiger partial charge in [-0.15, -0.1) is 0 Å². The fourth-order valence-corrected chi connectivity index (χ4v) is 3.37. The number of rotatable bonds is 1. The predicted molar refractivity (Wildman–Crippen MR) is 96.6 cm³/mol. The Morgan fingerprint density at radius 3 is 1.68 bits per heavy atom. The van der Waals surface area contributed by atoms with Gasteiger partial charge in [0, 0.05) is 12.7 Å². The van der Waals surface area contributed by atoms with Crippen LogP contribution in [0.3, 0.4) is 0 Å². The van der Waals surface area contributed by atoms with E-state index < -0.39 is 0 Å². The highest BCUT2D eigenvalue weighted by atomic mass is 15.4. The van der Waals surface area contributed by atoms with Gasteiger partial charge >= 0.3 is 0 Å². The van der Waals surface area contributed by atoms with E-state index in [1.54, 1.807) is 0 Å². The molecule has 116 valence electrons. The predicted octanol–water partition coefficient (Wildman–Crippen LogP) is 5.16. The molecule has 22 heavy (non-hydrogen) atoms. The third-order valence-corrected chi connectivity index (χ3v) is 5.24. The summed E-state index contributed by atoms with van der Waals surface area (Å²) in [6.07, 6.45) is 0.331. The van der Waals surface area contributed by atoms with Crippen LogP contribution in [0.1, 0.15) is 34.7 Å². The molecule has 0 amide bonds. The Morgan fingerprint density at radius 1 is 0.636 bits per heavy atom. The molecule has 2 aromatic carbocycles. The van der Waals surface area contributed by atoms with Crippen LogP contribution in [-0.2, 0) is 0 Å². The van der Waals surface area contributed by atoms with E-state index in [2.05, 4.69) is 82.7 Å². The Morgan fingerprint density at radius 2 is 1.09 bits per heavy atom. The molecule has 0 saturated heterocycles. The van der Waals surface area contributed by atoms with E-state index >= 15 is 0 Å². The van der Waals surface area contributed by atoms with E-state index in [4.69, 9.17) is 0 Å². The number of hydrogen-bond acceptors (Lipinski definition) is 2. The molecular weight excluding hydrogens is 268 g/mol. The van der Waals surface area contributed by atoms with Gasteiger partial charge in [-0.05, 0) is 87.6 Å². The minimum Gasteiger partial charge on any atom is -0.353 e. The minimum absolute atomic E-state index is 0.331. The van der Waals surface area contributed by atoms with Crippen LogP contribution >= 0.6 is 0 Å². The van der Waals surface area contributed by atoms with E-state index in [1.807, 2.05) is 0 Å². The normalized spacial score (nSPS) is 17.1. The Kier molecular flexibility index (Phi) is 3.43. The largest absolute Gasteiger partial charge is 0.353 e. The summed E-state index contributed by atoms with van der Waals surface area (Å²) in [6, 6.07) is 9.28. The molecule has 2 nitrogen and oxygen atoms in total. The first-order valence-electron chi connectivity index (χ1n) is 8.02. The van der Waals surface area contributed by atoms with Gasteiger partial charge in [-0.3, -0.25) is 0 Å². The Hall–Kier alpha value is -1.96. The van der Waals surface area contributed by atoms with Gasteiger partial charge in [-0.1, -0.05) is 6.07 Å². The third kappa shape index (κ3) is 2.09. The van der Waals surface area contributed by atoms with Crippen molar-refractivity contribution in [3.05, 3.63) is 52.1 Å². The van der Waals surface area contributed by atoms with Gasteiger partial charge in [-0.2, -0.15) is 0 Å². The van der Waals surface area contributed by atoms with Crippen molar-refractivity contribution in [3.8, 4) is 0 Å². The number of aryl methyl sites for hydroxylation is 5. The molecule has 0 fully saturated rings. The summed E-state index contributed by atoms with van der Waals surface area (Å²) < 4.78 is 0. The molecule has 3 rings (SSSR count). The zero-order valence-corrected chi connectivity index (χ0v) is 14.8. The summed E-state index contributed by atoms with van der Waals surface area (Å²) in [7, 11) is 2.19. The molecule has 1 atom stereocenters. The lowest BCUT2D eigenvalue weighted by molar-refractivity contribution is 0.732. The van der Waals surface area contributed by atoms with E-state index in [0.29, 0.717) is 6.17 Å². The highest BCUT2D eigenvalue weighted by Crippen LogP contribution is 2.45. The number of fused-ring (bicyclic) bond motifs is 1. The van der Waals surface area contributed by atoms with Crippen molar-refractivity contribution < 1.29 is 0 Å². The zero-order valence-electron chi connectivity index (χ0n) is 14.8. The summed E-state index contributed by atoms with van der Waals surface area (Å²) in [4.78, 5) is 4.85. The van der Waals surface area contributed by atoms with Crippen LogP contribution in [0.2, 0.25) is 0 Å². The van der Waals surface area contributed by atoms with Crippen molar-refractivity contribution in [1.29, 1.82) is 0 Å². The molecule has 0 bridgehead atoms. The monoisotopic (exact) mass is 294 g/mol. The highest BCUT2D eigenvalue weighted by Gasteiger charge is 2.32. The van der Waals surface area contributed by atoms with Crippen molar-refractivity contribution >= 4 is 17.1 Å². The number of nitrogens with zero attached hydrogens (tertiary/aromatic N) is 2. The quantitative estimate of drug-likeness (QED) is 0.716. The molecule has 0 spiro atoms. The van der Waals surface area contributed by atoms with Gasteiger partial charge in [0.05, 0.1) is 11.4 Å². The average molecular weight is 294 g/mol. The van der Waals surface area contributed by atoms with E-state index in [0.717, 1.165) is 0 Å². The number of hydrogen-bond donors (Lipinski definition) is 0. The van der Waals surface area contributed by atoms with Gasteiger partial charge in [0.25, 0.3) is 0 Å². The van der Waals surface area contributed by atoms with Crippen molar-refractivity contribution in [2.45, 2.75) is 47.7 Å². The van der Waals surface area contributed by atoms with Crippen molar-refractivity contribution in [3.63, 3.8) is 0 Å². The van der Waals surface area contributed by atoms with Gasteiger partial charge in [0.2, 0.25) is 0 Å². The van der Waals surface area contributed by atoms with Crippen LogP contribution in [0.5, 0.6) is 0 Å². The van der Waals surface area contributed by atoms with Crippen LogP contribution < -0.4 is 9.80 Å². The Bertz CT molecular complexity index is 746. The summed E-state index contributed by atoms with van der Waals surface area (Å²) in [6.45, 7) is 13.3. The highest BCUT2D eigenvalue weighted by molar-refractivity contribution is 5.85. The lowest BCUT2D eigenvalue weighted by atomic mass is 10.0. The molecule has 0 N–H and O–H groups in total. The Balaban J connectivity index is 2.21. The minimum atomic E-state index is 0.331. The molecule has 0 unspecified atom stereocenters. The maximum absolute atomic E-state index is 2.48. The summed E-state index contributed by atoms with van der Waals surface area (Å²) >= 11 is 0. The molecule has 2 heteroatoms.